The van der Waals surface area contributed by atoms with Crippen LogP contribution in [0.25, 0.3) is 0 Å². The zero-order valence-corrected chi connectivity index (χ0v) is 10.2. The van der Waals surface area contributed by atoms with Gasteiger partial charge < -0.3 is 10.4 Å². The van der Waals surface area contributed by atoms with Gasteiger partial charge in [-0.25, -0.2) is 0 Å². The molecule has 1 heterocycles. The van der Waals surface area contributed by atoms with Crippen LogP contribution in [0.3, 0.4) is 0 Å². The van der Waals surface area contributed by atoms with Crippen molar-refractivity contribution in [1.29, 1.82) is 0 Å². The largest absolute Gasteiger partial charge is 0.393 e. The second-order valence-electron chi connectivity index (χ2n) is 4.96. The maximum atomic E-state index is 9.28. The Kier molecular flexibility index (Phi) is 3.49. The van der Waals surface area contributed by atoms with Crippen LogP contribution in [0.1, 0.15) is 37.8 Å². The van der Waals surface area contributed by atoms with E-state index in [0.717, 1.165) is 12.8 Å². The highest BCUT2D eigenvalue weighted by Gasteiger charge is 2.13. The first-order chi connectivity index (χ1) is 7.65. The fourth-order valence-corrected chi connectivity index (χ4v) is 2.22. The van der Waals surface area contributed by atoms with Gasteiger partial charge in [0.1, 0.15) is 0 Å². The number of fused-ring (bicyclic) bond motifs is 1. The van der Waals surface area contributed by atoms with Gasteiger partial charge in [0.25, 0.3) is 0 Å². The van der Waals surface area contributed by atoms with Crippen molar-refractivity contribution in [2.75, 3.05) is 5.32 Å². The number of aryl methyl sites for hydroxylation is 2. The molecule has 0 amide bonds. The van der Waals surface area contributed by atoms with Crippen LogP contribution >= 0.6 is 0 Å². The van der Waals surface area contributed by atoms with Crippen LogP contribution in [0.4, 0.5) is 5.69 Å². The number of hydrogen-bond donors (Lipinski definition) is 2. The molecule has 0 unspecified atom stereocenters. The number of benzene rings is 1. The summed E-state index contributed by atoms with van der Waals surface area (Å²) in [4.78, 5) is 0. The highest BCUT2D eigenvalue weighted by Crippen LogP contribution is 2.26. The molecule has 2 atom stereocenters. The molecule has 1 aliphatic heterocycles. The third kappa shape index (κ3) is 2.76. The molecule has 1 aliphatic rings. The topological polar surface area (TPSA) is 32.3 Å². The van der Waals surface area contributed by atoms with Crippen LogP contribution in [0.5, 0.6) is 0 Å². The monoisotopic (exact) mass is 219 g/mol. The first-order valence-corrected chi connectivity index (χ1v) is 6.21. The van der Waals surface area contributed by atoms with Crippen molar-refractivity contribution in [2.24, 2.45) is 0 Å². The molecular weight excluding hydrogens is 198 g/mol. The number of hydrogen-bond acceptors (Lipinski definition) is 2. The molecule has 0 aromatic heterocycles. The predicted octanol–water partition coefficient (Wildman–Crippen LogP) is 2.75. The van der Waals surface area contributed by atoms with E-state index in [9.17, 15) is 5.11 Å². The van der Waals surface area contributed by atoms with E-state index in [1.807, 2.05) is 6.92 Å². The second-order valence-corrected chi connectivity index (χ2v) is 4.96. The summed E-state index contributed by atoms with van der Waals surface area (Å²) in [5, 5.41) is 12.8. The number of aliphatic hydroxyl groups is 1. The van der Waals surface area contributed by atoms with Crippen LogP contribution in [0.15, 0.2) is 18.2 Å². The van der Waals surface area contributed by atoms with E-state index in [1.54, 1.807) is 0 Å². The predicted molar refractivity (Wildman–Crippen MR) is 67.8 cm³/mol. The third-order valence-electron chi connectivity index (χ3n) is 3.27. The molecule has 0 bridgehead atoms. The number of anilines is 1. The average molecular weight is 219 g/mol. The van der Waals surface area contributed by atoms with Crippen LogP contribution in [-0.2, 0) is 12.8 Å². The molecule has 0 saturated carbocycles. The van der Waals surface area contributed by atoms with Gasteiger partial charge in [-0.15, -0.1) is 0 Å². The van der Waals surface area contributed by atoms with Gasteiger partial charge in [-0.1, -0.05) is 12.1 Å². The molecule has 1 aromatic carbocycles. The van der Waals surface area contributed by atoms with Crippen molar-refractivity contribution >= 4 is 5.69 Å². The summed E-state index contributed by atoms with van der Waals surface area (Å²) < 4.78 is 0. The smallest absolute Gasteiger partial charge is 0.0515 e. The summed E-state index contributed by atoms with van der Waals surface area (Å²) in [6.07, 6.45) is 4.00. The van der Waals surface area contributed by atoms with E-state index < -0.39 is 0 Å². The molecule has 2 nitrogen and oxygen atoms in total. The Morgan fingerprint density at radius 1 is 1.50 bits per heavy atom. The maximum absolute atomic E-state index is 9.28. The maximum Gasteiger partial charge on any atom is 0.0515 e. The van der Waals surface area contributed by atoms with Gasteiger partial charge in [-0.2, -0.15) is 0 Å². The lowest BCUT2D eigenvalue weighted by atomic mass is 9.96. The molecule has 2 N–H and O–H groups in total. The molecule has 2 heteroatoms. The summed E-state index contributed by atoms with van der Waals surface area (Å²) in [5.74, 6) is 0. The van der Waals surface area contributed by atoms with Gasteiger partial charge >= 0.3 is 0 Å². The zero-order valence-electron chi connectivity index (χ0n) is 10.2. The zero-order chi connectivity index (χ0) is 11.5. The first-order valence-electron chi connectivity index (χ1n) is 6.21. The molecule has 88 valence electrons. The Labute approximate surface area is 97.7 Å². The van der Waals surface area contributed by atoms with Gasteiger partial charge in [0.05, 0.1) is 6.10 Å². The molecule has 0 spiro atoms. The van der Waals surface area contributed by atoms with Gasteiger partial charge in [-0.05, 0) is 56.7 Å². The highest BCUT2D eigenvalue weighted by atomic mass is 16.3. The Morgan fingerprint density at radius 3 is 3.06 bits per heavy atom. The van der Waals surface area contributed by atoms with Gasteiger partial charge in [-0.3, -0.25) is 0 Å². The summed E-state index contributed by atoms with van der Waals surface area (Å²) in [5.41, 5.74) is 4.04. The van der Waals surface area contributed by atoms with Crippen molar-refractivity contribution < 1.29 is 5.11 Å². The van der Waals surface area contributed by atoms with E-state index in [1.165, 1.54) is 29.7 Å². The third-order valence-corrected chi connectivity index (χ3v) is 3.27. The van der Waals surface area contributed by atoms with Crippen molar-refractivity contribution in [3.05, 3.63) is 29.3 Å². The fourth-order valence-electron chi connectivity index (χ4n) is 2.22. The fraction of sp³-hybridized carbons (Fsp3) is 0.571. The van der Waals surface area contributed by atoms with Crippen molar-refractivity contribution in [1.82, 2.24) is 0 Å². The van der Waals surface area contributed by atoms with Crippen molar-refractivity contribution in [2.45, 2.75) is 51.7 Å². The van der Waals surface area contributed by atoms with Crippen molar-refractivity contribution in [3.8, 4) is 0 Å². The average Bonchev–Trinajstić information content (AvgIpc) is 2.25. The van der Waals surface area contributed by atoms with E-state index in [4.69, 9.17) is 0 Å². The van der Waals surface area contributed by atoms with Crippen LogP contribution in [-0.4, -0.2) is 17.3 Å². The normalized spacial score (nSPS) is 21.1. The summed E-state index contributed by atoms with van der Waals surface area (Å²) >= 11 is 0. The Morgan fingerprint density at radius 2 is 2.31 bits per heavy atom. The van der Waals surface area contributed by atoms with Gasteiger partial charge in [0, 0.05) is 11.7 Å². The molecule has 16 heavy (non-hydrogen) atoms. The summed E-state index contributed by atoms with van der Waals surface area (Å²) in [6.45, 7) is 4.07. The molecule has 0 radical (unpaired) electrons. The number of rotatable bonds is 3. The van der Waals surface area contributed by atoms with E-state index in [2.05, 4.69) is 30.4 Å². The molecule has 0 fully saturated rings. The van der Waals surface area contributed by atoms with Crippen LogP contribution < -0.4 is 5.32 Å². The minimum atomic E-state index is -0.206. The lowest BCUT2D eigenvalue weighted by Gasteiger charge is -2.24. The molecule has 0 saturated heterocycles. The van der Waals surface area contributed by atoms with Crippen molar-refractivity contribution in [3.63, 3.8) is 0 Å². The highest BCUT2D eigenvalue weighted by molar-refractivity contribution is 5.55. The Bertz CT molecular complexity index is 360. The summed E-state index contributed by atoms with van der Waals surface area (Å²) in [6, 6.07) is 7.25. The number of nitrogens with one attached hydrogen (secondary N) is 1. The van der Waals surface area contributed by atoms with Gasteiger partial charge in [0.2, 0.25) is 0 Å². The van der Waals surface area contributed by atoms with E-state index in [-0.39, 0.29) is 6.10 Å². The minimum absolute atomic E-state index is 0.206. The van der Waals surface area contributed by atoms with Crippen LogP contribution in [0, 0.1) is 0 Å². The first kappa shape index (κ1) is 11.5. The lowest BCUT2D eigenvalue weighted by Crippen LogP contribution is -2.22. The standard InChI is InChI=1S/C14H21NO/c1-10-3-7-13-8-6-12(5-4-11(2)16)9-14(13)15-10/h6,8-11,15-16H,3-5,7H2,1-2H3/t10-,11-/m1/s1. The minimum Gasteiger partial charge on any atom is -0.393 e. The van der Waals surface area contributed by atoms with Gasteiger partial charge in [0.15, 0.2) is 0 Å². The Balaban J connectivity index is 2.09. The quantitative estimate of drug-likeness (QED) is 0.819. The second kappa shape index (κ2) is 4.88. The molecule has 1 aromatic rings. The molecule has 2 rings (SSSR count). The molecule has 0 aliphatic carbocycles. The van der Waals surface area contributed by atoms with Crippen LogP contribution in [0.2, 0.25) is 0 Å². The lowest BCUT2D eigenvalue weighted by molar-refractivity contribution is 0.185. The summed E-state index contributed by atoms with van der Waals surface area (Å²) in [7, 11) is 0. The molecular formula is C14H21NO. The number of aliphatic hydroxyl groups excluding tert-OH is 1. The Hall–Kier alpha value is -1.02. The van der Waals surface area contributed by atoms with E-state index >= 15 is 0 Å². The SMILES string of the molecule is C[C@@H]1CCc2ccc(CC[C@@H](C)O)cc2N1. The van der Waals surface area contributed by atoms with E-state index in [0.29, 0.717) is 6.04 Å².